The summed E-state index contributed by atoms with van der Waals surface area (Å²) in [6, 6.07) is 6.51. The maximum atomic E-state index is 3.64. The van der Waals surface area contributed by atoms with E-state index < -0.39 is 0 Å². The highest BCUT2D eigenvalue weighted by molar-refractivity contribution is 9.10. The van der Waals surface area contributed by atoms with Crippen LogP contribution in [-0.4, -0.2) is 0 Å². The lowest BCUT2D eigenvalue weighted by Gasteiger charge is -2.16. The van der Waals surface area contributed by atoms with E-state index in [2.05, 4.69) is 61.8 Å². The molecule has 1 aromatic rings. The second kappa shape index (κ2) is 4.97. The van der Waals surface area contributed by atoms with Crippen LogP contribution in [0.3, 0.4) is 0 Å². The van der Waals surface area contributed by atoms with Crippen LogP contribution < -0.4 is 0 Å². The van der Waals surface area contributed by atoms with E-state index in [0.29, 0.717) is 11.8 Å². The molecule has 0 fully saturated rings. The molecule has 0 heterocycles. The first kappa shape index (κ1) is 11.8. The molecule has 1 aromatic carbocycles. The van der Waals surface area contributed by atoms with Crippen LogP contribution in [0.25, 0.3) is 0 Å². The fourth-order valence-corrected chi connectivity index (χ4v) is 2.28. The van der Waals surface area contributed by atoms with Crippen LogP contribution in [0.2, 0.25) is 0 Å². The lowest BCUT2D eigenvalue weighted by atomic mass is 9.92. The van der Waals surface area contributed by atoms with Gasteiger partial charge in [-0.05, 0) is 35.4 Å². The number of rotatable bonds is 3. The standard InChI is InChI=1S/C13H19Br/c1-9(2)8-12-11(10(3)4)6-5-7-13(12)14/h5-7,9-10H,8H2,1-4H3. The molecule has 0 unspecified atom stereocenters. The van der Waals surface area contributed by atoms with Crippen molar-refractivity contribution in [2.75, 3.05) is 0 Å². The van der Waals surface area contributed by atoms with Crippen molar-refractivity contribution in [3.8, 4) is 0 Å². The first-order chi connectivity index (χ1) is 6.52. The van der Waals surface area contributed by atoms with E-state index in [1.807, 2.05) is 0 Å². The van der Waals surface area contributed by atoms with Gasteiger partial charge >= 0.3 is 0 Å². The predicted molar refractivity (Wildman–Crippen MR) is 66.8 cm³/mol. The van der Waals surface area contributed by atoms with Crippen molar-refractivity contribution in [2.24, 2.45) is 5.92 Å². The van der Waals surface area contributed by atoms with Crippen LogP contribution in [-0.2, 0) is 6.42 Å². The van der Waals surface area contributed by atoms with Crippen molar-refractivity contribution in [2.45, 2.75) is 40.0 Å². The van der Waals surface area contributed by atoms with Crippen LogP contribution in [0.4, 0.5) is 0 Å². The molecular formula is C13H19Br. The van der Waals surface area contributed by atoms with Crippen LogP contribution >= 0.6 is 15.9 Å². The summed E-state index contributed by atoms with van der Waals surface area (Å²) >= 11 is 3.64. The van der Waals surface area contributed by atoms with Gasteiger partial charge < -0.3 is 0 Å². The Morgan fingerprint density at radius 3 is 2.29 bits per heavy atom. The number of hydrogen-bond acceptors (Lipinski definition) is 0. The molecule has 0 atom stereocenters. The molecule has 0 aromatic heterocycles. The number of halogens is 1. The smallest absolute Gasteiger partial charge is 0.0210 e. The Morgan fingerprint density at radius 2 is 1.79 bits per heavy atom. The van der Waals surface area contributed by atoms with Gasteiger partial charge in [0.2, 0.25) is 0 Å². The SMILES string of the molecule is CC(C)Cc1c(Br)cccc1C(C)C. The third-order valence-electron chi connectivity index (χ3n) is 2.39. The summed E-state index contributed by atoms with van der Waals surface area (Å²) in [5.41, 5.74) is 2.96. The molecule has 0 amide bonds. The van der Waals surface area contributed by atoms with Gasteiger partial charge in [-0.2, -0.15) is 0 Å². The Balaban J connectivity index is 3.09. The molecule has 0 nitrogen and oxygen atoms in total. The summed E-state index contributed by atoms with van der Waals surface area (Å²) in [6.45, 7) is 9.05. The van der Waals surface area contributed by atoms with Gasteiger partial charge in [0.15, 0.2) is 0 Å². The van der Waals surface area contributed by atoms with E-state index >= 15 is 0 Å². The zero-order chi connectivity index (χ0) is 10.7. The predicted octanol–water partition coefficient (Wildman–Crippen LogP) is 4.77. The number of benzene rings is 1. The molecule has 0 spiro atoms. The summed E-state index contributed by atoms with van der Waals surface area (Å²) in [5.74, 6) is 1.33. The van der Waals surface area contributed by atoms with Crippen molar-refractivity contribution >= 4 is 15.9 Å². The van der Waals surface area contributed by atoms with Crippen LogP contribution in [0.15, 0.2) is 22.7 Å². The molecule has 1 rings (SSSR count). The summed E-state index contributed by atoms with van der Waals surface area (Å²) in [7, 11) is 0. The summed E-state index contributed by atoms with van der Waals surface area (Å²) in [6.07, 6.45) is 1.16. The zero-order valence-corrected chi connectivity index (χ0v) is 11.1. The van der Waals surface area contributed by atoms with Gasteiger partial charge in [-0.3, -0.25) is 0 Å². The Labute approximate surface area is 95.9 Å². The minimum atomic E-state index is 0.612. The van der Waals surface area contributed by atoms with Crippen molar-refractivity contribution < 1.29 is 0 Å². The highest BCUT2D eigenvalue weighted by Crippen LogP contribution is 2.28. The minimum Gasteiger partial charge on any atom is -0.0625 e. The van der Waals surface area contributed by atoms with Gasteiger partial charge in [0.25, 0.3) is 0 Å². The quantitative estimate of drug-likeness (QED) is 0.729. The van der Waals surface area contributed by atoms with E-state index in [1.54, 1.807) is 0 Å². The normalized spacial score (nSPS) is 11.4. The van der Waals surface area contributed by atoms with Crippen molar-refractivity contribution in [3.05, 3.63) is 33.8 Å². The van der Waals surface area contributed by atoms with Crippen molar-refractivity contribution in [3.63, 3.8) is 0 Å². The van der Waals surface area contributed by atoms with Crippen LogP contribution in [0.1, 0.15) is 44.7 Å². The van der Waals surface area contributed by atoms with E-state index in [9.17, 15) is 0 Å². The van der Waals surface area contributed by atoms with E-state index in [1.165, 1.54) is 15.6 Å². The largest absolute Gasteiger partial charge is 0.0625 e. The monoisotopic (exact) mass is 254 g/mol. The Morgan fingerprint density at radius 1 is 1.14 bits per heavy atom. The third kappa shape index (κ3) is 2.84. The Kier molecular flexibility index (Phi) is 4.18. The first-order valence-corrected chi connectivity index (χ1v) is 6.09. The van der Waals surface area contributed by atoms with Gasteiger partial charge in [0, 0.05) is 4.47 Å². The van der Waals surface area contributed by atoms with Gasteiger partial charge in [-0.25, -0.2) is 0 Å². The third-order valence-corrected chi connectivity index (χ3v) is 3.13. The highest BCUT2D eigenvalue weighted by atomic mass is 79.9. The van der Waals surface area contributed by atoms with Crippen molar-refractivity contribution in [1.29, 1.82) is 0 Å². The topological polar surface area (TPSA) is 0 Å². The maximum absolute atomic E-state index is 3.64. The molecule has 78 valence electrons. The fraction of sp³-hybridized carbons (Fsp3) is 0.538. The average molecular weight is 255 g/mol. The van der Waals surface area contributed by atoms with Crippen LogP contribution in [0, 0.1) is 5.92 Å². The van der Waals surface area contributed by atoms with E-state index in [4.69, 9.17) is 0 Å². The average Bonchev–Trinajstić information content (AvgIpc) is 2.07. The molecule has 1 heteroatoms. The molecule has 0 saturated carbocycles. The molecule has 0 aliphatic carbocycles. The van der Waals surface area contributed by atoms with E-state index in [0.717, 1.165) is 6.42 Å². The molecule has 0 radical (unpaired) electrons. The lowest BCUT2D eigenvalue weighted by Crippen LogP contribution is -2.02. The summed E-state index contributed by atoms with van der Waals surface area (Å²) in [5, 5.41) is 0. The van der Waals surface area contributed by atoms with E-state index in [-0.39, 0.29) is 0 Å². The summed E-state index contributed by atoms with van der Waals surface area (Å²) in [4.78, 5) is 0. The van der Waals surface area contributed by atoms with Gasteiger partial charge in [0.1, 0.15) is 0 Å². The van der Waals surface area contributed by atoms with Gasteiger partial charge in [-0.15, -0.1) is 0 Å². The first-order valence-electron chi connectivity index (χ1n) is 5.29. The molecule has 0 aliphatic rings. The molecule has 0 bridgehead atoms. The minimum absolute atomic E-state index is 0.612. The molecule has 0 N–H and O–H groups in total. The molecule has 0 saturated heterocycles. The Bertz CT molecular complexity index is 300. The van der Waals surface area contributed by atoms with Gasteiger partial charge in [-0.1, -0.05) is 55.8 Å². The molecule has 14 heavy (non-hydrogen) atoms. The maximum Gasteiger partial charge on any atom is 0.0210 e. The summed E-state index contributed by atoms with van der Waals surface area (Å²) < 4.78 is 1.26. The number of hydrogen-bond donors (Lipinski definition) is 0. The van der Waals surface area contributed by atoms with Crippen LogP contribution in [0.5, 0.6) is 0 Å². The van der Waals surface area contributed by atoms with Crippen molar-refractivity contribution in [1.82, 2.24) is 0 Å². The Hall–Kier alpha value is -0.300. The van der Waals surface area contributed by atoms with Gasteiger partial charge in [0.05, 0.1) is 0 Å². The fourth-order valence-electron chi connectivity index (χ4n) is 1.74. The highest BCUT2D eigenvalue weighted by Gasteiger charge is 2.10. The molecule has 0 aliphatic heterocycles. The molecular weight excluding hydrogens is 236 g/mol. The second-order valence-electron chi connectivity index (χ2n) is 4.56. The lowest BCUT2D eigenvalue weighted by molar-refractivity contribution is 0.636. The zero-order valence-electron chi connectivity index (χ0n) is 9.47. The second-order valence-corrected chi connectivity index (χ2v) is 5.41.